The predicted octanol–water partition coefficient (Wildman–Crippen LogP) is 4.93. The summed E-state index contributed by atoms with van der Waals surface area (Å²) in [5.41, 5.74) is 1.21. The molecule has 0 bridgehead atoms. The molecule has 2 heterocycles. The molecule has 0 saturated heterocycles. The van der Waals surface area contributed by atoms with Gasteiger partial charge in [-0.25, -0.2) is 4.98 Å². The van der Waals surface area contributed by atoms with Crippen molar-refractivity contribution in [2.75, 3.05) is 0 Å². The monoisotopic (exact) mass is 356 g/mol. The van der Waals surface area contributed by atoms with Crippen molar-refractivity contribution >= 4 is 38.6 Å². The van der Waals surface area contributed by atoms with Gasteiger partial charge in [0, 0.05) is 26.2 Å². The van der Waals surface area contributed by atoms with E-state index in [-0.39, 0.29) is 6.04 Å². The van der Waals surface area contributed by atoms with Gasteiger partial charge in [0.15, 0.2) is 0 Å². The van der Waals surface area contributed by atoms with Crippen LogP contribution in [-0.2, 0) is 0 Å². The van der Waals surface area contributed by atoms with E-state index in [1.54, 1.807) is 22.7 Å². The minimum absolute atomic E-state index is 0.265. The van der Waals surface area contributed by atoms with E-state index in [9.17, 15) is 0 Å². The van der Waals surface area contributed by atoms with E-state index in [1.165, 1.54) is 28.4 Å². The first-order valence-corrected chi connectivity index (χ1v) is 9.14. The van der Waals surface area contributed by atoms with Crippen molar-refractivity contribution in [3.05, 3.63) is 36.9 Å². The van der Waals surface area contributed by atoms with Crippen molar-refractivity contribution in [3.63, 3.8) is 0 Å². The van der Waals surface area contributed by atoms with E-state index in [0.29, 0.717) is 12.0 Å². The van der Waals surface area contributed by atoms with Gasteiger partial charge in [-0.2, -0.15) is 0 Å². The van der Waals surface area contributed by atoms with Gasteiger partial charge >= 0.3 is 0 Å². The number of aromatic nitrogens is 1. The largest absolute Gasteiger partial charge is 0.301 e. The van der Waals surface area contributed by atoms with Gasteiger partial charge in [-0.1, -0.05) is 13.8 Å². The minimum atomic E-state index is 0.265. The summed E-state index contributed by atoms with van der Waals surface area (Å²) in [4.78, 5) is 6.17. The second-order valence-corrected chi connectivity index (χ2v) is 8.05. The van der Waals surface area contributed by atoms with Crippen LogP contribution in [0.1, 0.15) is 54.2 Å². The summed E-state index contributed by atoms with van der Waals surface area (Å²) in [6, 6.07) is 3.15. The van der Waals surface area contributed by atoms with Crippen molar-refractivity contribution in [1.29, 1.82) is 0 Å². The van der Waals surface area contributed by atoms with Gasteiger partial charge in [-0.3, -0.25) is 0 Å². The third-order valence-electron chi connectivity index (χ3n) is 3.23. The predicted molar refractivity (Wildman–Crippen MR) is 86.2 cm³/mol. The van der Waals surface area contributed by atoms with E-state index in [4.69, 9.17) is 4.98 Å². The molecule has 0 spiro atoms. The van der Waals surface area contributed by atoms with Crippen molar-refractivity contribution < 1.29 is 0 Å². The average Bonchev–Trinajstić information content (AvgIpc) is 2.89. The van der Waals surface area contributed by atoms with Gasteiger partial charge < -0.3 is 5.32 Å². The third kappa shape index (κ3) is 3.27. The Morgan fingerprint density at radius 2 is 2.11 bits per heavy atom. The van der Waals surface area contributed by atoms with Crippen molar-refractivity contribution in [2.24, 2.45) is 0 Å². The molecule has 5 heteroatoms. The normalized spacial score (nSPS) is 17.1. The lowest BCUT2D eigenvalue weighted by Crippen LogP contribution is -2.23. The number of nitrogens with zero attached hydrogens (tertiary/aromatic N) is 1. The summed E-state index contributed by atoms with van der Waals surface area (Å²) in [7, 11) is 0. The Hall–Kier alpha value is -0.230. The molecule has 1 atom stereocenters. The molecular formula is C14H17BrN2S2. The summed E-state index contributed by atoms with van der Waals surface area (Å²) in [6.07, 6.45) is 2.59. The minimum Gasteiger partial charge on any atom is -0.301 e. The van der Waals surface area contributed by atoms with Crippen molar-refractivity contribution in [1.82, 2.24) is 10.3 Å². The van der Waals surface area contributed by atoms with Crippen LogP contribution in [0.25, 0.3) is 0 Å². The molecule has 0 radical (unpaired) electrons. The van der Waals surface area contributed by atoms with Crippen LogP contribution >= 0.6 is 38.6 Å². The van der Waals surface area contributed by atoms with Crippen LogP contribution in [-0.4, -0.2) is 11.0 Å². The molecule has 2 aromatic heterocycles. The fourth-order valence-electron chi connectivity index (χ4n) is 1.94. The quantitative estimate of drug-likeness (QED) is 0.821. The van der Waals surface area contributed by atoms with Gasteiger partial charge in [0.2, 0.25) is 0 Å². The third-order valence-corrected chi connectivity index (χ3v) is 5.92. The molecule has 19 heavy (non-hydrogen) atoms. The van der Waals surface area contributed by atoms with Crippen LogP contribution in [0.4, 0.5) is 0 Å². The lowest BCUT2D eigenvalue weighted by atomic mass is 10.1. The zero-order chi connectivity index (χ0) is 13.4. The second-order valence-electron chi connectivity index (χ2n) is 5.31. The Morgan fingerprint density at radius 3 is 2.63 bits per heavy atom. The Balaban J connectivity index is 1.88. The molecule has 2 nitrogen and oxygen atoms in total. The van der Waals surface area contributed by atoms with Crippen molar-refractivity contribution in [3.8, 4) is 0 Å². The van der Waals surface area contributed by atoms with Crippen LogP contribution in [0.15, 0.2) is 21.3 Å². The maximum atomic E-state index is 4.82. The maximum Gasteiger partial charge on any atom is 0.115 e. The molecule has 1 unspecified atom stereocenters. The Kier molecular flexibility index (Phi) is 4.08. The Morgan fingerprint density at radius 1 is 1.32 bits per heavy atom. The van der Waals surface area contributed by atoms with Crippen LogP contribution < -0.4 is 5.32 Å². The molecule has 1 fully saturated rings. The van der Waals surface area contributed by atoms with E-state index in [1.807, 2.05) is 0 Å². The first-order chi connectivity index (χ1) is 9.13. The van der Waals surface area contributed by atoms with Gasteiger partial charge in [0.1, 0.15) is 5.01 Å². The average molecular weight is 357 g/mol. The number of hydrogen-bond donors (Lipinski definition) is 1. The summed E-state index contributed by atoms with van der Waals surface area (Å²) >= 11 is 7.12. The molecule has 102 valence electrons. The summed E-state index contributed by atoms with van der Waals surface area (Å²) in [5.74, 6) is 0.502. The maximum absolute atomic E-state index is 4.82. The molecule has 1 saturated carbocycles. The molecule has 1 aliphatic rings. The molecule has 1 aliphatic carbocycles. The first-order valence-electron chi connectivity index (χ1n) is 6.59. The number of hydrogen-bond acceptors (Lipinski definition) is 4. The number of thiophene rings is 1. The van der Waals surface area contributed by atoms with E-state index >= 15 is 0 Å². The smallest absolute Gasteiger partial charge is 0.115 e. The second kappa shape index (κ2) is 5.64. The lowest BCUT2D eigenvalue weighted by Gasteiger charge is -2.14. The van der Waals surface area contributed by atoms with Crippen molar-refractivity contribution in [2.45, 2.75) is 44.7 Å². The lowest BCUT2D eigenvalue weighted by molar-refractivity contribution is 0.603. The molecule has 2 aromatic rings. The highest BCUT2D eigenvalue weighted by Gasteiger charge is 2.28. The van der Waals surface area contributed by atoms with Gasteiger partial charge in [-0.15, -0.1) is 22.7 Å². The SMILES string of the molecule is CC(C)c1csc(C(NC2CC2)c2cc(Br)cs2)n1. The number of rotatable bonds is 5. The fourth-order valence-corrected chi connectivity index (χ4v) is 4.58. The highest BCUT2D eigenvalue weighted by atomic mass is 79.9. The Bertz CT molecular complexity index is 557. The van der Waals surface area contributed by atoms with E-state index in [2.05, 4.69) is 51.9 Å². The van der Waals surface area contributed by atoms with Crippen LogP contribution in [0.3, 0.4) is 0 Å². The van der Waals surface area contributed by atoms with Gasteiger partial charge in [-0.05, 0) is 40.8 Å². The number of nitrogens with one attached hydrogen (secondary N) is 1. The standard InChI is InChI=1S/C14H17BrN2S2/c1-8(2)11-7-19-14(17-11)13(16-10-3-4-10)12-5-9(15)6-18-12/h5-8,10,13,16H,3-4H2,1-2H3. The molecular weight excluding hydrogens is 340 g/mol. The zero-order valence-electron chi connectivity index (χ0n) is 11.0. The molecule has 3 rings (SSSR count). The zero-order valence-corrected chi connectivity index (χ0v) is 14.2. The van der Waals surface area contributed by atoms with Gasteiger partial charge in [0.25, 0.3) is 0 Å². The number of thiazole rings is 1. The number of halogens is 1. The molecule has 0 amide bonds. The van der Waals surface area contributed by atoms with E-state index in [0.717, 1.165) is 4.47 Å². The highest BCUT2D eigenvalue weighted by Crippen LogP contribution is 2.35. The van der Waals surface area contributed by atoms with Crippen LogP contribution in [0, 0.1) is 0 Å². The van der Waals surface area contributed by atoms with Crippen LogP contribution in [0.5, 0.6) is 0 Å². The summed E-state index contributed by atoms with van der Waals surface area (Å²) in [5, 5.41) is 9.27. The summed E-state index contributed by atoms with van der Waals surface area (Å²) < 4.78 is 1.16. The fraction of sp³-hybridized carbons (Fsp3) is 0.500. The van der Waals surface area contributed by atoms with E-state index < -0.39 is 0 Å². The van der Waals surface area contributed by atoms with Gasteiger partial charge in [0.05, 0.1) is 11.7 Å². The topological polar surface area (TPSA) is 24.9 Å². The van der Waals surface area contributed by atoms with Crippen LogP contribution in [0.2, 0.25) is 0 Å². The molecule has 0 aromatic carbocycles. The summed E-state index contributed by atoms with van der Waals surface area (Å²) in [6.45, 7) is 4.40. The molecule has 0 aliphatic heterocycles. The molecule has 1 N–H and O–H groups in total. The highest BCUT2D eigenvalue weighted by molar-refractivity contribution is 9.10. The Labute approximate surface area is 130 Å². The first kappa shape index (κ1) is 13.7.